The Bertz CT molecular complexity index is 661. The smallest absolute Gasteiger partial charge is 0.497 e. The molecule has 1 atom stereocenters. The molecular formula is C15H17F3O4S. The van der Waals surface area contributed by atoms with Gasteiger partial charge in [-0.1, -0.05) is 18.2 Å². The average molecular weight is 350 g/mol. The van der Waals surface area contributed by atoms with Crippen molar-refractivity contribution in [1.29, 1.82) is 0 Å². The molecule has 23 heavy (non-hydrogen) atoms. The van der Waals surface area contributed by atoms with Crippen LogP contribution in [0.2, 0.25) is 0 Å². The predicted octanol–water partition coefficient (Wildman–Crippen LogP) is 4.12. The lowest BCUT2D eigenvalue weighted by Gasteiger charge is -2.17. The summed E-state index contributed by atoms with van der Waals surface area (Å²) < 4.78 is 67.7. The van der Waals surface area contributed by atoms with Crippen LogP contribution >= 0.6 is 0 Å². The molecule has 0 amide bonds. The molecule has 0 fully saturated rings. The maximum absolute atomic E-state index is 12.3. The van der Waals surface area contributed by atoms with Gasteiger partial charge in [-0.25, -0.2) is 0 Å². The number of hydrogen-bond acceptors (Lipinski definition) is 4. The normalized spacial score (nSPS) is 14.2. The monoisotopic (exact) mass is 350 g/mol. The first kappa shape index (κ1) is 19.1. The number of hydrogen-bond donors (Lipinski definition) is 0. The van der Waals surface area contributed by atoms with E-state index in [-0.39, 0.29) is 5.92 Å². The van der Waals surface area contributed by atoms with Gasteiger partial charge in [0, 0.05) is 5.92 Å². The second-order valence-electron chi connectivity index (χ2n) is 4.71. The number of alkyl halides is 3. The highest BCUT2D eigenvalue weighted by Crippen LogP contribution is 2.31. The molecule has 0 aliphatic rings. The van der Waals surface area contributed by atoms with Crippen molar-refractivity contribution >= 4 is 10.1 Å². The largest absolute Gasteiger partial charge is 0.534 e. The molecule has 0 N–H and O–H groups in total. The Kier molecular flexibility index (Phi) is 6.26. The van der Waals surface area contributed by atoms with E-state index in [1.807, 2.05) is 0 Å². The molecule has 8 heteroatoms. The van der Waals surface area contributed by atoms with Gasteiger partial charge in [-0.2, -0.15) is 21.6 Å². The molecule has 0 heterocycles. The summed E-state index contributed by atoms with van der Waals surface area (Å²) in [5.74, 6) is 0.269. The van der Waals surface area contributed by atoms with E-state index in [0.29, 0.717) is 24.0 Å². The highest BCUT2D eigenvalue weighted by Gasteiger charge is 2.48. The summed E-state index contributed by atoms with van der Waals surface area (Å²) in [6, 6.07) is 6.88. The summed E-state index contributed by atoms with van der Waals surface area (Å²) in [6.07, 6.45) is 2.61. The number of ether oxygens (including phenoxy) is 1. The number of rotatable bonds is 7. The van der Waals surface area contributed by atoms with Gasteiger partial charge in [-0.15, -0.1) is 6.58 Å². The van der Waals surface area contributed by atoms with Gasteiger partial charge < -0.3 is 8.92 Å². The van der Waals surface area contributed by atoms with E-state index >= 15 is 0 Å². The van der Waals surface area contributed by atoms with Crippen LogP contribution in [0.4, 0.5) is 13.2 Å². The Morgan fingerprint density at radius 1 is 1.30 bits per heavy atom. The summed E-state index contributed by atoms with van der Waals surface area (Å²) in [5, 5.41) is 0. The minimum absolute atomic E-state index is 0.322. The Morgan fingerprint density at radius 3 is 2.30 bits per heavy atom. The van der Waals surface area contributed by atoms with Crippen LogP contribution in [0, 0.1) is 0 Å². The van der Waals surface area contributed by atoms with E-state index in [0.717, 1.165) is 5.56 Å². The first-order valence-electron chi connectivity index (χ1n) is 6.53. The van der Waals surface area contributed by atoms with Crippen molar-refractivity contribution in [2.75, 3.05) is 7.11 Å². The Balaban J connectivity index is 3.04. The van der Waals surface area contributed by atoms with Gasteiger partial charge in [-0.05, 0) is 36.6 Å². The van der Waals surface area contributed by atoms with Crippen LogP contribution in [0.1, 0.15) is 24.8 Å². The minimum atomic E-state index is -5.66. The van der Waals surface area contributed by atoms with E-state index in [2.05, 4.69) is 10.8 Å². The van der Waals surface area contributed by atoms with Crippen molar-refractivity contribution in [3.63, 3.8) is 0 Å². The molecule has 1 aromatic carbocycles. The SMILES string of the molecule is C=CCC(/C(C)=C\OS(=O)(=O)C(F)(F)F)c1ccc(OC)cc1. The lowest BCUT2D eigenvalue weighted by atomic mass is 9.90. The second-order valence-corrected chi connectivity index (χ2v) is 6.27. The minimum Gasteiger partial charge on any atom is -0.497 e. The molecule has 128 valence electrons. The lowest BCUT2D eigenvalue weighted by molar-refractivity contribution is -0.0515. The number of benzene rings is 1. The Morgan fingerprint density at radius 2 is 1.87 bits per heavy atom. The average Bonchev–Trinajstić information content (AvgIpc) is 2.49. The molecule has 0 saturated carbocycles. The molecule has 0 aliphatic carbocycles. The van der Waals surface area contributed by atoms with Gasteiger partial charge in [0.1, 0.15) is 12.0 Å². The van der Waals surface area contributed by atoms with Crippen LogP contribution in [0.15, 0.2) is 48.8 Å². The molecule has 1 rings (SSSR count). The fraction of sp³-hybridized carbons (Fsp3) is 0.333. The third-order valence-corrected chi connectivity index (χ3v) is 4.03. The molecular weight excluding hydrogens is 333 g/mol. The Hall–Kier alpha value is -1.96. The third-order valence-electron chi connectivity index (χ3n) is 3.11. The van der Waals surface area contributed by atoms with Crippen LogP contribution in [-0.2, 0) is 14.3 Å². The summed E-state index contributed by atoms with van der Waals surface area (Å²) in [5.41, 5.74) is -4.37. The van der Waals surface area contributed by atoms with E-state index in [4.69, 9.17) is 4.74 Å². The highest BCUT2D eigenvalue weighted by molar-refractivity contribution is 7.87. The lowest BCUT2D eigenvalue weighted by Crippen LogP contribution is -2.24. The molecule has 1 unspecified atom stereocenters. The molecule has 0 saturated heterocycles. The molecule has 0 bridgehead atoms. The fourth-order valence-electron chi connectivity index (χ4n) is 1.86. The number of allylic oxidation sites excluding steroid dienone is 2. The number of halogens is 3. The van der Waals surface area contributed by atoms with Crippen molar-refractivity contribution in [2.45, 2.75) is 24.8 Å². The summed E-state index contributed by atoms with van der Waals surface area (Å²) >= 11 is 0. The third kappa shape index (κ3) is 5.02. The maximum Gasteiger partial charge on any atom is 0.534 e. The van der Waals surface area contributed by atoms with E-state index in [1.54, 1.807) is 30.3 Å². The zero-order valence-electron chi connectivity index (χ0n) is 12.6. The quantitative estimate of drug-likeness (QED) is 0.321. The molecule has 1 aromatic rings. The standard InChI is InChI=1S/C15H17F3O4S/c1-4-5-14(12-6-8-13(21-3)9-7-12)11(2)10-22-23(19,20)15(16,17)18/h4,6-10,14H,1,5H2,2-3H3/b11-10-. The van der Waals surface area contributed by atoms with Crippen LogP contribution in [0.3, 0.4) is 0 Å². The van der Waals surface area contributed by atoms with Crippen molar-refractivity contribution in [3.05, 3.63) is 54.3 Å². The molecule has 0 spiro atoms. The maximum atomic E-state index is 12.3. The first-order valence-corrected chi connectivity index (χ1v) is 7.94. The summed E-state index contributed by atoms with van der Waals surface area (Å²) in [4.78, 5) is 0. The predicted molar refractivity (Wildman–Crippen MR) is 80.4 cm³/mol. The van der Waals surface area contributed by atoms with Gasteiger partial charge in [0.2, 0.25) is 0 Å². The van der Waals surface area contributed by atoms with Gasteiger partial charge in [0.05, 0.1) is 7.11 Å². The van der Waals surface area contributed by atoms with Crippen LogP contribution in [-0.4, -0.2) is 21.0 Å². The second kappa shape index (κ2) is 7.54. The molecule has 0 aromatic heterocycles. The zero-order chi connectivity index (χ0) is 17.7. The van der Waals surface area contributed by atoms with Crippen molar-refractivity contribution < 1.29 is 30.5 Å². The van der Waals surface area contributed by atoms with Crippen molar-refractivity contribution in [3.8, 4) is 5.75 Å². The van der Waals surface area contributed by atoms with E-state index < -0.39 is 15.6 Å². The highest BCUT2D eigenvalue weighted by atomic mass is 32.2. The van der Waals surface area contributed by atoms with Crippen molar-refractivity contribution in [2.24, 2.45) is 0 Å². The molecule has 4 nitrogen and oxygen atoms in total. The molecule has 0 radical (unpaired) electrons. The van der Waals surface area contributed by atoms with Gasteiger partial charge in [-0.3, -0.25) is 0 Å². The van der Waals surface area contributed by atoms with Gasteiger partial charge >= 0.3 is 15.6 Å². The van der Waals surface area contributed by atoms with E-state index in [9.17, 15) is 21.6 Å². The zero-order valence-corrected chi connectivity index (χ0v) is 13.4. The summed E-state index contributed by atoms with van der Waals surface area (Å²) in [6.45, 7) is 5.09. The first-order chi connectivity index (χ1) is 10.6. The number of methoxy groups -OCH3 is 1. The topological polar surface area (TPSA) is 52.6 Å². The van der Waals surface area contributed by atoms with Crippen LogP contribution in [0.25, 0.3) is 0 Å². The van der Waals surface area contributed by atoms with Gasteiger partial charge in [0.15, 0.2) is 0 Å². The summed E-state index contributed by atoms with van der Waals surface area (Å²) in [7, 11) is -4.15. The Labute approximate surface area is 133 Å². The van der Waals surface area contributed by atoms with Gasteiger partial charge in [0.25, 0.3) is 0 Å². The fourth-order valence-corrected chi connectivity index (χ4v) is 2.25. The van der Waals surface area contributed by atoms with Crippen molar-refractivity contribution in [1.82, 2.24) is 0 Å². The van der Waals surface area contributed by atoms with Crippen LogP contribution in [0.5, 0.6) is 5.75 Å². The molecule has 0 aliphatic heterocycles. The van der Waals surface area contributed by atoms with E-state index in [1.165, 1.54) is 14.0 Å². The van der Waals surface area contributed by atoms with Crippen LogP contribution < -0.4 is 4.74 Å².